The zero-order valence-corrected chi connectivity index (χ0v) is 19.5. The van der Waals surface area contributed by atoms with Crippen LogP contribution in [0.25, 0.3) is 33.5 Å². The number of benzene rings is 3. The number of amides is 1. The van der Waals surface area contributed by atoms with Crippen molar-refractivity contribution in [3.05, 3.63) is 78.4 Å². The number of methoxy groups -OCH3 is 2. The molecule has 0 unspecified atom stereocenters. The fraction of sp³-hybridized carbons (Fsp3) is 0.148. The molecule has 0 atom stereocenters. The number of aromatic nitrogens is 4. The lowest BCUT2D eigenvalue weighted by atomic mass is 10.0. The summed E-state index contributed by atoms with van der Waals surface area (Å²) in [6.45, 7) is 0. The van der Waals surface area contributed by atoms with Gasteiger partial charge in [0.15, 0.2) is 5.82 Å². The Kier molecular flexibility index (Phi) is 6.17. The molecule has 0 saturated heterocycles. The van der Waals surface area contributed by atoms with Crippen LogP contribution in [0.1, 0.15) is 12.0 Å². The topological polar surface area (TPSA) is 105 Å². The normalized spacial score (nSPS) is 10.9. The van der Waals surface area contributed by atoms with Crippen molar-refractivity contribution in [2.24, 2.45) is 0 Å². The van der Waals surface area contributed by atoms with Crippen LogP contribution in [0.5, 0.6) is 11.5 Å². The molecule has 1 amide bonds. The van der Waals surface area contributed by atoms with Crippen LogP contribution in [-0.4, -0.2) is 40.3 Å². The highest BCUT2D eigenvalue weighted by Crippen LogP contribution is 2.32. The number of rotatable bonds is 8. The van der Waals surface area contributed by atoms with Crippen molar-refractivity contribution in [1.29, 1.82) is 0 Å². The highest BCUT2D eigenvalue weighted by atomic mass is 16.5. The fourth-order valence-corrected chi connectivity index (χ4v) is 4.17. The minimum atomic E-state index is -0.165. The van der Waals surface area contributed by atoms with Crippen molar-refractivity contribution in [3.8, 4) is 34.1 Å². The summed E-state index contributed by atoms with van der Waals surface area (Å²) in [5.74, 6) is 2.06. The van der Waals surface area contributed by atoms with Gasteiger partial charge in [-0.05, 0) is 60.0 Å². The van der Waals surface area contributed by atoms with Gasteiger partial charge in [0.05, 0.1) is 19.8 Å². The van der Waals surface area contributed by atoms with E-state index in [1.807, 2.05) is 66.7 Å². The third-order valence-electron chi connectivity index (χ3n) is 5.89. The third-order valence-corrected chi connectivity index (χ3v) is 5.89. The standard InChI is InChI=1S/C27H25N5O3/c1-34-18-13-11-17(12-14-18)25-20(19-7-3-5-9-22(19)28-25)15-16-24(33)29-27-30-26(31-32-27)21-8-4-6-10-23(21)35-2/h3-14,28H,15-16H2,1-2H3,(H2,29,30,31,32,33). The molecule has 0 fully saturated rings. The Morgan fingerprint density at radius 2 is 1.71 bits per heavy atom. The van der Waals surface area contributed by atoms with Crippen LogP contribution >= 0.6 is 0 Å². The summed E-state index contributed by atoms with van der Waals surface area (Å²) in [6.07, 6.45) is 0.838. The smallest absolute Gasteiger partial charge is 0.249 e. The quantitative estimate of drug-likeness (QED) is 0.291. The number of nitrogens with zero attached hydrogens (tertiary/aromatic N) is 2. The van der Waals surface area contributed by atoms with Crippen LogP contribution in [0.4, 0.5) is 5.95 Å². The molecule has 0 bridgehead atoms. The summed E-state index contributed by atoms with van der Waals surface area (Å²) in [6, 6.07) is 23.5. The van der Waals surface area contributed by atoms with E-state index in [9.17, 15) is 4.79 Å². The average Bonchev–Trinajstić information content (AvgIpc) is 3.52. The van der Waals surface area contributed by atoms with E-state index in [1.54, 1.807) is 14.2 Å². The molecule has 5 rings (SSSR count). The van der Waals surface area contributed by atoms with Crippen LogP contribution in [0.2, 0.25) is 0 Å². The SMILES string of the molecule is COc1ccc(-c2[nH]c3ccccc3c2CCC(=O)Nc2n[nH]c(-c3ccccc3OC)n2)cc1. The van der Waals surface area contributed by atoms with Crippen LogP contribution in [0.3, 0.4) is 0 Å². The van der Waals surface area contributed by atoms with E-state index in [0.717, 1.165) is 39.0 Å². The van der Waals surface area contributed by atoms with E-state index in [1.165, 1.54) is 0 Å². The molecule has 176 valence electrons. The van der Waals surface area contributed by atoms with Crippen molar-refractivity contribution >= 4 is 22.8 Å². The summed E-state index contributed by atoms with van der Waals surface area (Å²) in [5.41, 5.74) is 4.92. The Morgan fingerprint density at radius 3 is 2.51 bits per heavy atom. The predicted molar refractivity (Wildman–Crippen MR) is 136 cm³/mol. The lowest BCUT2D eigenvalue weighted by Crippen LogP contribution is -2.13. The first-order valence-electron chi connectivity index (χ1n) is 11.3. The second kappa shape index (κ2) is 9.72. The predicted octanol–water partition coefficient (Wildman–Crippen LogP) is 5.21. The Morgan fingerprint density at radius 1 is 0.943 bits per heavy atom. The maximum Gasteiger partial charge on any atom is 0.249 e. The van der Waals surface area contributed by atoms with Crippen molar-refractivity contribution in [2.75, 3.05) is 19.5 Å². The Balaban J connectivity index is 1.33. The molecule has 0 spiro atoms. The second-order valence-corrected chi connectivity index (χ2v) is 8.01. The molecule has 5 aromatic rings. The summed E-state index contributed by atoms with van der Waals surface area (Å²) in [5, 5.41) is 10.9. The molecule has 8 nitrogen and oxygen atoms in total. The number of ether oxygens (including phenoxy) is 2. The van der Waals surface area contributed by atoms with Gasteiger partial charge >= 0.3 is 0 Å². The monoisotopic (exact) mass is 467 g/mol. The molecule has 2 aromatic heterocycles. The van der Waals surface area contributed by atoms with Gasteiger partial charge in [-0.1, -0.05) is 30.3 Å². The van der Waals surface area contributed by atoms with Crippen LogP contribution in [-0.2, 0) is 11.2 Å². The molecule has 0 radical (unpaired) electrons. The number of aryl methyl sites for hydroxylation is 1. The number of para-hydroxylation sites is 2. The van der Waals surface area contributed by atoms with E-state index < -0.39 is 0 Å². The van der Waals surface area contributed by atoms with Gasteiger partial charge in [0, 0.05) is 23.0 Å². The van der Waals surface area contributed by atoms with Crippen LogP contribution in [0, 0.1) is 0 Å². The molecule has 3 N–H and O–H groups in total. The number of nitrogens with one attached hydrogen (secondary N) is 3. The van der Waals surface area contributed by atoms with Crippen molar-refractivity contribution in [2.45, 2.75) is 12.8 Å². The summed E-state index contributed by atoms with van der Waals surface area (Å²) >= 11 is 0. The molecule has 0 aliphatic carbocycles. The number of carbonyl (C=O) groups excluding carboxylic acids is 1. The van der Waals surface area contributed by atoms with Crippen molar-refractivity contribution in [3.63, 3.8) is 0 Å². The average molecular weight is 468 g/mol. The number of H-pyrrole nitrogens is 2. The Hall–Kier alpha value is -4.59. The number of carbonyl (C=O) groups is 1. The van der Waals surface area contributed by atoms with Crippen LogP contribution in [0.15, 0.2) is 72.8 Å². The number of anilines is 1. The fourth-order valence-electron chi connectivity index (χ4n) is 4.17. The minimum Gasteiger partial charge on any atom is -0.497 e. The molecule has 35 heavy (non-hydrogen) atoms. The molecule has 0 saturated carbocycles. The molecule has 0 aliphatic rings. The molecule has 3 aromatic carbocycles. The first-order valence-corrected chi connectivity index (χ1v) is 11.3. The van der Waals surface area contributed by atoms with Gasteiger partial charge in [0.2, 0.25) is 11.9 Å². The van der Waals surface area contributed by atoms with Gasteiger partial charge in [0.1, 0.15) is 11.5 Å². The maximum absolute atomic E-state index is 12.8. The number of hydrogen-bond donors (Lipinski definition) is 3. The largest absolute Gasteiger partial charge is 0.497 e. The van der Waals surface area contributed by atoms with E-state index in [0.29, 0.717) is 18.0 Å². The molecule has 8 heteroatoms. The first kappa shape index (κ1) is 22.2. The van der Waals surface area contributed by atoms with Gasteiger partial charge in [0.25, 0.3) is 0 Å². The Labute approximate surface area is 202 Å². The van der Waals surface area contributed by atoms with Crippen molar-refractivity contribution in [1.82, 2.24) is 20.2 Å². The summed E-state index contributed by atoms with van der Waals surface area (Å²) in [7, 11) is 3.25. The highest BCUT2D eigenvalue weighted by Gasteiger charge is 2.16. The van der Waals surface area contributed by atoms with Crippen LogP contribution < -0.4 is 14.8 Å². The highest BCUT2D eigenvalue weighted by molar-refractivity contribution is 5.93. The number of aromatic amines is 2. The number of fused-ring (bicyclic) bond motifs is 1. The molecular weight excluding hydrogens is 442 g/mol. The molecule has 2 heterocycles. The van der Waals surface area contributed by atoms with Gasteiger partial charge in [-0.25, -0.2) is 0 Å². The van der Waals surface area contributed by atoms with E-state index in [-0.39, 0.29) is 18.3 Å². The molecule has 0 aliphatic heterocycles. The van der Waals surface area contributed by atoms with E-state index in [2.05, 4.69) is 31.5 Å². The molecular formula is C27H25N5O3. The van der Waals surface area contributed by atoms with Gasteiger partial charge in [-0.2, -0.15) is 4.98 Å². The Bertz CT molecular complexity index is 1470. The lowest BCUT2D eigenvalue weighted by Gasteiger charge is -2.07. The summed E-state index contributed by atoms with van der Waals surface area (Å²) < 4.78 is 10.7. The van der Waals surface area contributed by atoms with Crippen molar-refractivity contribution < 1.29 is 14.3 Å². The minimum absolute atomic E-state index is 0.165. The second-order valence-electron chi connectivity index (χ2n) is 8.01. The number of hydrogen-bond acceptors (Lipinski definition) is 5. The van der Waals surface area contributed by atoms with Gasteiger partial charge < -0.3 is 14.5 Å². The van der Waals surface area contributed by atoms with Gasteiger partial charge in [-0.3, -0.25) is 15.2 Å². The van der Waals surface area contributed by atoms with E-state index in [4.69, 9.17) is 9.47 Å². The zero-order chi connectivity index (χ0) is 24.2. The van der Waals surface area contributed by atoms with E-state index >= 15 is 0 Å². The third kappa shape index (κ3) is 4.59. The zero-order valence-electron chi connectivity index (χ0n) is 19.5. The van der Waals surface area contributed by atoms with Gasteiger partial charge in [-0.15, -0.1) is 5.10 Å². The summed E-state index contributed by atoms with van der Waals surface area (Å²) in [4.78, 5) is 20.7. The first-order chi connectivity index (χ1) is 17.2. The maximum atomic E-state index is 12.8. The lowest BCUT2D eigenvalue weighted by molar-refractivity contribution is -0.116.